The summed E-state index contributed by atoms with van der Waals surface area (Å²) < 4.78 is 12.1. The predicted molar refractivity (Wildman–Crippen MR) is 132 cm³/mol. The molecule has 0 saturated heterocycles. The third-order valence-corrected chi connectivity index (χ3v) is 6.47. The maximum Gasteiger partial charge on any atom is 0.338 e. The smallest absolute Gasteiger partial charge is 0.338 e. The largest absolute Gasteiger partial charge is 0.467 e. The van der Waals surface area contributed by atoms with Crippen LogP contribution in [0.2, 0.25) is 0 Å². The van der Waals surface area contributed by atoms with Crippen LogP contribution in [0.15, 0.2) is 63.5 Å². The second-order valence-corrected chi connectivity index (χ2v) is 9.89. The van der Waals surface area contributed by atoms with E-state index in [0.717, 1.165) is 5.56 Å². The Balaban J connectivity index is 1.60. The van der Waals surface area contributed by atoms with Gasteiger partial charge in [0.25, 0.3) is 0 Å². The first-order chi connectivity index (χ1) is 16.7. The van der Waals surface area contributed by atoms with E-state index < -0.39 is 18.0 Å². The standard InChI is InChI=1S/C24H28N6O4S/c1-5-33-21(31)18-16(26-22(32)27-19(18)17-7-6-12-34-17)13-35-23-29-28-20(30(23)25)14-8-10-15(11-9-14)24(2,3)4/h6-12,19H,5,13,25H2,1-4H3,(H2,26,27,32). The molecule has 35 heavy (non-hydrogen) atoms. The number of urea groups is 1. The lowest BCUT2D eigenvalue weighted by atomic mass is 9.87. The fraction of sp³-hybridized carbons (Fsp3) is 0.333. The first-order valence-electron chi connectivity index (χ1n) is 11.1. The SMILES string of the molecule is CCOC(=O)C1=C(CSc2nnc(-c3ccc(C(C)(C)C)cc3)n2N)NC(=O)NC1c1ccco1. The number of hydrogen-bond donors (Lipinski definition) is 3. The van der Waals surface area contributed by atoms with Crippen LogP contribution in [0.4, 0.5) is 4.79 Å². The van der Waals surface area contributed by atoms with Gasteiger partial charge >= 0.3 is 12.0 Å². The van der Waals surface area contributed by atoms with E-state index in [4.69, 9.17) is 15.0 Å². The first-order valence-corrected chi connectivity index (χ1v) is 12.1. The summed E-state index contributed by atoms with van der Waals surface area (Å²) in [6.45, 7) is 8.36. The molecule has 1 atom stereocenters. The Morgan fingerprint density at radius 2 is 1.97 bits per heavy atom. The topological polar surface area (TPSA) is 137 Å². The van der Waals surface area contributed by atoms with E-state index in [9.17, 15) is 9.59 Å². The number of amides is 2. The van der Waals surface area contributed by atoms with E-state index >= 15 is 0 Å². The number of furan rings is 1. The summed E-state index contributed by atoms with van der Waals surface area (Å²) in [6.07, 6.45) is 1.48. The Labute approximate surface area is 207 Å². The zero-order chi connectivity index (χ0) is 25.2. The van der Waals surface area contributed by atoms with Crippen LogP contribution in [0.1, 0.15) is 45.1 Å². The maximum absolute atomic E-state index is 12.8. The lowest BCUT2D eigenvalue weighted by Crippen LogP contribution is -2.46. The number of esters is 1. The summed E-state index contributed by atoms with van der Waals surface area (Å²) >= 11 is 1.24. The van der Waals surface area contributed by atoms with E-state index in [1.54, 1.807) is 19.1 Å². The van der Waals surface area contributed by atoms with Crippen molar-refractivity contribution in [2.45, 2.75) is 44.3 Å². The highest BCUT2D eigenvalue weighted by Crippen LogP contribution is 2.31. The van der Waals surface area contributed by atoms with E-state index in [2.05, 4.69) is 41.6 Å². The molecule has 11 heteroatoms. The maximum atomic E-state index is 12.8. The third-order valence-electron chi connectivity index (χ3n) is 5.50. The molecule has 0 spiro atoms. The Morgan fingerprint density at radius 3 is 2.60 bits per heavy atom. The number of thioether (sulfide) groups is 1. The highest BCUT2D eigenvalue weighted by Gasteiger charge is 2.35. The molecule has 0 fully saturated rings. The number of rotatable bonds is 7. The highest BCUT2D eigenvalue weighted by atomic mass is 32.2. The van der Waals surface area contributed by atoms with Gasteiger partial charge in [-0.2, -0.15) is 0 Å². The number of aromatic nitrogens is 3. The average Bonchev–Trinajstić information content (AvgIpc) is 3.47. The monoisotopic (exact) mass is 496 g/mol. The van der Waals surface area contributed by atoms with Crippen LogP contribution >= 0.6 is 11.8 Å². The van der Waals surface area contributed by atoms with Gasteiger partial charge in [0, 0.05) is 17.0 Å². The number of benzene rings is 1. The third kappa shape index (κ3) is 5.19. The van der Waals surface area contributed by atoms with Crippen molar-refractivity contribution >= 4 is 23.8 Å². The second kappa shape index (κ2) is 9.87. The number of hydrogen-bond acceptors (Lipinski definition) is 8. The van der Waals surface area contributed by atoms with Crippen LogP contribution in [0.5, 0.6) is 0 Å². The van der Waals surface area contributed by atoms with Gasteiger partial charge in [-0.25, -0.2) is 14.3 Å². The summed E-state index contributed by atoms with van der Waals surface area (Å²) in [6, 6.07) is 10.2. The zero-order valence-corrected chi connectivity index (χ0v) is 20.8. The average molecular weight is 497 g/mol. The Bertz CT molecular complexity index is 1240. The van der Waals surface area contributed by atoms with Crippen molar-refractivity contribution in [3.05, 3.63) is 65.3 Å². The normalized spacial score (nSPS) is 16.1. The molecule has 4 rings (SSSR count). The molecular formula is C24H28N6O4S. The van der Waals surface area contributed by atoms with Crippen molar-refractivity contribution < 1.29 is 18.7 Å². The van der Waals surface area contributed by atoms with Crippen molar-refractivity contribution in [2.75, 3.05) is 18.2 Å². The fourth-order valence-corrected chi connectivity index (χ4v) is 4.50. The number of nitrogens with zero attached hydrogens (tertiary/aromatic N) is 3. The summed E-state index contributed by atoms with van der Waals surface area (Å²) in [5.41, 5.74) is 2.71. The van der Waals surface area contributed by atoms with Crippen molar-refractivity contribution in [1.82, 2.24) is 25.5 Å². The molecule has 0 saturated carbocycles. The molecule has 1 unspecified atom stereocenters. The van der Waals surface area contributed by atoms with Gasteiger partial charge in [0.1, 0.15) is 11.8 Å². The van der Waals surface area contributed by atoms with E-state index in [1.807, 2.05) is 24.3 Å². The van der Waals surface area contributed by atoms with Gasteiger partial charge in [-0.1, -0.05) is 56.8 Å². The predicted octanol–water partition coefficient (Wildman–Crippen LogP) is 3.51. The van der Waals surface area contributed by atoms with Crippen LogP contribution in [0.3, 0.4) is 0 Å². The molecule has 1 aromatic carbocycles. The van der Waals surface area contributed by atoms with Crippen molar-refractivity contribution in [3.8, 4) is 11.4 Å². The summed E-state index contributed by atoms with van der Waals surface area (Å²) in [5, 5.41) is 14.3. The minimum atomic E-state index is -0.777. The number of nitrogens with one attached hydrogen (secondary N) is 2. The summed E-state index contributed by atoms with van der Waals surface area (Å²) in [7, 11) is 0. The van der Waals surface area contributed by atoms with Crippen LogP contribution < -0.4 is 16.5 Å². The first kappa shape index (κ1) is 24.4. The van der Waals surface area contributed by atoms with Gasteiger partial charge in [-0.15, -0.1) is 10.2 Å². The molecule has 3 aromatic rings. The molecule has 0 bridgehead atoms. The number of carbonyl (C=O) groups excluding carboxylic acids is 2. The van der Waals surface area contributed by atoms with Gasteiger partial charge in [-0.05, 0) is 30.0 Å². The van der Waals surface area contributed by atoms with Gasteiger partial charge < -0.3 is 25.6 Å². The Morgan fingerprint density at radius 1 is 1.23 bits per heavy atom. The Hall–Kier alpha value is -3.73. The van der Waals surface area contributed by atoms with Gasteiger partial charge in [0.15, 0.2) is 5.82 Å². The van der Waals surface area contributed by atoms with E-state index in [-0.39, 0.29) is 23.3 Å². The van der Waals surface area contributed by atoms with Gasteiger partial charge in [-0.3, -0.25) is 0 Å². The molecule has 2 amide bonds. The number of nitrogen functional groups attached to an aromatic ring is 1. The molecule has 1 aliphatic rings. The molecule has 0 aliphatic carbocycles. The lowest BCUT2D eigenvalue weighted by Gasteiger charge is -2.27. The van der Waals surface area contributed by atoms with Crippen LogP contribution in [0, 0.1) is 0 Å². The number of nitrogens with two attached hydrogens (primary N) is 1. The lowest BCUT2D eigenvalue weighted by molar-refractivity contribution is -0.139. The van der Waals surface area contributed by atoms with E-state index in [1.165, 1.54) is 28.3 Å². The molecule has 184 valence electrons. The number of ether oxygens (including phenoxy) is 1. The van der Waals surface area contributed by atoms with Gasteiger partial charge in [0.2, 0.25) is 5.16 Å². The zero-order valence-electron chi connectivity index (χ0n) is 20.0. The molecule has 2 aromatic heterocycles. The molecular weight excluding hydrogens is 468 g/mol. The Kier molecular flexibility index (Phi) is 6.88. The highest BCUT2D eigenvalue weighted by molar-refractivity contribution is 7.99. The van der Waals surface area contributed by atoms with E-state index in [0.29, 0.717) is 22.4 Å². The van der Waals surface area contributed by atoms with Crippen LogP contribution in [-0.2, 0) is 14.9 Å². The van der Waals surface area contributed by atoms with Crippen molar-refractivity contribution in [2.24, 2.45) is 0 Å². The molecule has 1 aliphatic heterocycles. The van der Waals surface area contributed by atoms with Crippen LogP contribution in [0.25, 0.3) is 11.4 Å². The fourth-order valence-electron chi connectivity index (χ4n) is 3.68. The van der Waals surface area contributed by atoms with Gasteiger partial charge in [0.05, 0.1) is 18.4 Å². The minimum Gasteiger partial charge on any atom is -0.467 e. The van der Waals surface area contributed by atoms with Crippen LogP contribution in [-0.4, -0.2) is 39.2 Å². The van der Waals surface area contributed by atoms with Crippen molar-refractivity contribution in [3.63, 3.8) is 0 Å². The molecule has 10 nitrogen and oxygen atoms in total. The second-order valence-electron chi connectivity index (χ2n) is 8.95. The van der Waals surface area contributed by atoms with Crippen molar-refractivity contribution in [1.29, 1.82) is 0 Å². The molecule has 3 heterocycles. The molecule has 0 radical (unpaired) electrons. The quantitative estimate of drug-likeness (QED) is 0.257. The number of carbonyl (C=O) groups is 2. The minimum absolute atomic E-state index is 0.0348. The summed E-state index contributed by atoms with van der Waals surface area (Å²) in [4.78, 5) is 25.2. The summed E-state index contributed by atoms with van der Waals surface area (Å²) in [5.74, 6) is 6.89. The molecule has 4 N–H and O–H groups in total.